The highest BCUT2D eigenvalue weighted by molar-refractivity contribution is 6.39. The molecule has 1 heterocycles. The molecule has 0 bridgehead atoms. The lowest BCUT2D eigenvalue weighted by atomic mass is 10.1. The second-order valence-electron chi connectivity index (χ2n) is 5.74. The molecule has 0 saturated heterocycles. The summed E-state index contributed by atoms with van der Waals surface area (Å²) in [6, 6.07) is 1.46. The lowest BCUT2D eigenvalue weighted by Gasteiger charge is -2.28. The third-order valence-electron chi connectivity index (χ3n) is 3.78. The number of nitrogens with zero attached hydrogens (tertiary/aromatic N) is 3. The average molecular weight is 463 g/mol. The molecule has 12 heteroatoms. The highest BCUT2D eigenvalue weighted by Crippen LogP contribution is 2.33. The summed E-state index contributed by atoms with van der Waals surface area (Å²) in [4.78, 5) is 17.6. The van der Waals surface area contributed by atoms with E-state index in [9.17, 15) is 22.4 Å². The molecule has 28 heavy (non-hydrogen) atoms. The third kappa shape index (κ3) is 4.89. The number of hydroxylamine groups is 2. The van der Waals surface area contributed by atoms with Gasteiger partial charge in [0.05, 0.1) is 18.7 Å². The number of halogens is 7. The normalized spacial score (nSPS) is 12.9. The van der Waals surface area contributed by atoms with Crippen LogP contribution in [0, 0.1) is 0 Å². The quantitative estimate of drug-likeness (QED) is 0.449. The fourth-order valence-electron chi connectivity index (χ4n) is 2.57. The molecule has 2 rings (SSSR count). The maximum atomic E-state index is 13.7. The molecule has 1 unspecified atom stereocenters. The number of carbonyl (C=O) groups is 1. The Hall–Kier alpha value is -1.55. The Bertz CT molecular complexity index is 850. The number of rotatable bonds is 6. The van der Waals surface area contributed by atoms with Gasteiger partial charge in [-0.05, 0) is 17.7 Å². The van der Waals surface area contributed by atoms with E-state index >= 15 is 0 Å². The fourth-order valence-corrected chi connectivity index (χ4v) is 3.55. The van der Waals surface area contributed by atoms with Crippen LogP contribution < -0.4 is 0 Å². The minimum Gasteiger partial charge on any atom is -0.274 e. The summed E-state index contributed by atoms with van der Waals surface area (Å²) in [5, 5.41) is 4.27. The van der Waals surface area contributed by atoms with E-state index < -0.39 is 36.1 Å². The molecule has 0 aliphatic carbocycles. The van der Waals surface area contributed by atoms with Gasteiger partial charge in [-0.2, -0.15) is 18.3 Å². The van der Waals surface area contributed by atoms with Gasteiger partial charge in [0.15, 0.2) is 5.69 Å². The lowest BCUT2D eigenvalue weighted by Crippen LogP contribution is -2.42. The molecule has 0 radical (unpaired) electrons. The van der Waals surface area contributed by atoms with Crippen molar-refractivity contribution < 1.29 is 27.2 Å². The molecule has 1 amide bonds. The maximum Gasteiger partial charge on any atom is 0.435 e. The number of hydrogen-bond donors (Lipinski definition) is 0. The number of benzene rings is 1. The largest absolute Gasteiger partial charge is 0.435 e. The lowest BCUT2D eigenvalue weighted by molar-refractivity contribution is -0.144. The molecule has 5 nitrogen and oxygen atoms in total. The Morgan fingerprint density at radius 2 is 1.86 bits per heavy atom. The molecule has 2 aromatic rings. The van der Waals surface area contributed by atoms with Crippen molar-refractivity contribution in [2.45, 2.75) is 18.6 Å². The Kier molecular flexibility index (Phi) is 7.19. The average Bonchev–Trinajstić information content (AvgIpc) is 2.98. The molecule has 154 valence electrons. The first-order valence-corrected chi connectivity index (χ1v) is 8.80. The van der Waals surface area contributed by atoms with Gasteiger partial charge in [0, 0.05) is 34.7 Å². The van der Waals surface area contributed by atoms with E-state index in [4.69, 9.17) is 39.6 Å². The van der Waals surface area contributed by atoms with Crippen molar-refractivity contribution in [1.29, 1.82) is 0 Å². The molecular weight excluding hydrogens is 449 g/mol. The van der Waals surface area contributed by atoms with E-state index in [0.717, 1.165) is 18.0 Å². The summed E-state index contributed by atoms with van der Waals surface area (Å²) in [6.07, 6.45) is -4.21. The van der Waals surface area contributed by atoms with E-state index in [1.165, 1.54) is 19.2 Å². The standard InChI is InChI=1S/C16H14Cl3F4N3O2/c1-25-7-11(14(24-25)16(21,22)23)15(27)26(28-2)9(6-20)5-10-12(18)3-8(17)4-13(10)19/h3-4,7,9H,5-6H2,1-2H3. The van der Waals surface area contributed by atoms with Crippen LogP contribution in [0.25, 0.3) is 0 Å². The SMILES string of the molecule is CON(C(=O)c1cn(C)nc1C(F)(F)F)C(CF)Cc1c(Cl)cc(Cl)cc1Cl. The van der Waals surface area contributed by atoms with E-state index in [2.05, 4.69) is 5.10 Å². The molecule has 1 atom stereocenters. The monoisotopic (exact) mass is 461 g/mol. The number of aromatic nitrogens is 2. The van der Waals surface area contributed by atoms with Crippen molar-refractivity contribution in [3.05, 3.63) is 50.2 Å². The molecular formula is C16H14Cl3F4N3O2. The number of carbonyl (C=O) groups excluding carboxylic acids is 1. The zero-order valence-electron chi connectivity index (χ0n) is 14.5. The summed E-state index contributed by atoms with van der Waals surface area (Å²) < 4.78 is 54.0. The first kappa shape index (κ1) is 22.7. The van der Waals surface area contributed by atoms with E-state index in [-0.39, 0.29) is 27.1 Å². The van der Waals surface area contributed by atoms with Gasteiger partial charge >= 0.3 is 6.18 Å². The Labute approximate surface area is 172 Å². The summed E-state index contributed by atoms with van der Waals surface area (Å²) in [6.45, 7) is -1.13. The molecule has 1 aromatic carbocycles. The molecule has 0 N–H and O–H groups in total. The predicted octanol–water partition coefficient (Wildman–Crippen LogP) is 4.98. The topological polar surface area (TPSA) is 47.4 Å². The predicted molar refractivity (Wildman–Crippen MR) is 96.3 cm³/mol. The van der Waals surface area contributed by atoms with Crippen LogP contribution in [0.3, 0.4) is 0 Å². The second-order valence-corrected chi connectivity index (χ2v) is 6.99. The van der Waals surface area contributed by atoms with Crippen molar-refractivity contribution in [3.8, 4) is 0 Å². The van der Waals surface area contributed by atoms with Gasteiger partial charge in [0.25, 0.3) is 5.91 Å². The first-order chi connectivity index (χ1) is 13.0. The van der Waals surface area contributed by atoms with Crippen molar-refractivity contribution in [2.75, 3.05) is 13.8 Å². The van der Waals surface area contributed by atoms with E-state index in [1.54, 1.807) is 0 Å². The third-order valence-corrected chi connectivity index (χ3v) is 4.67. The Balaban J connectivity index is 2.39. The van der Waals surface area contributed by atoms with Crippen LogP contribution in [0.15, 0.2) is 18.3 Å². The minimum atomic E-state index is -4.88. The fraction of sp³-hybridized carbons (Fsp3) is 0.375. The van der Waals surface area contributed by atoms with Crippen LogP contribution in [0.4, 0.5) is 17.6 Å². The van der Waals surface area contributed by atoms with Crippen LogP contribution in [-0.4, -0.2) is 40.6 Å². The molecule has 0 spiro atoms. The van der Waals surface area contributed by atoms with Crippen LogP contribution in [0.5, 0.6) is 0 Å². The van der Waals surface area contributed by atoms with Gasteiger partial charge in [-0.25, -0.2) is 9.45 Å². The molecule has 1 aromatic heterocycles. The van der Waals surface area contributed by atoms with Crippen LogP contribution in [-0.2, 0) is 24.5 Å². The van der Waals surface area contributed by atoms with Crippen LogP contribution in [0.1, 0.15) is 21.6 Å². The second kappa shape index (κ2) is 8.86. The first-order valence-electron chi connectivity index (χ1n) is 7.67. The highest BCUT2D eigenvalue weighted by atomic mass is 35.5. The van der Waals surface area contributed by atoms with E-state index in [0.29, 0.717) is 5.06 Å². The van der Waals surface area contributed by atoms with Crippen LogP contribution >= 0.6 is 34.8 Å². The summed E-state index contributed by atoms with van der Waals surface area (Å²) in [5.74, 6) is -1.20. The molecule has 0 fully saturated rings. The summed E-state index contributed by atoms with van der Waals surface area (Å²) >= 11 is 18.0. The minimum absolute atomic E-state index is 0.122. The van der Waals surface area contributed by atoms with Gasteiger partial charge in [-0.3, -0.25) is 14.3 Å². The van der Waals surface area contributed by atoms with E-state index in [1.807, 2.05) is 0 Å². The van der Waals surface area contributed by atoms with Gasteiger partial charge in [0.2, 0.25) is 0 Å². The van der Waals surface area contributed by atoms with Crippen molar-refractivity contribution >= 4 is 40.7 Å². The van der Waals surface area contributed by atoms with Crippen molar-refractivity contribution in [1.82, 2.24) is 14.8 Å². The summed E-state index contributed by atoms with van der Waals surface area (Å²) in [5.41, 5.74) is -1.90. The molecule has 0 aliphatic rings. The number of aryl methyl sites for hydroxylation is 1. The summed E-state index contributed by atoms with van der Waals surface area (Å²) in [7, 11) is 2.26. The van der Waals surface area contributed by atoms with Gasteiger partial charge in [-0.15, -0.1) is 0 Å². The number of amides is 1. The maximum absolute atomic E-state index is 13.7. The van der Waals surface area contributed by atoms with Crippen molar-refractivity contribution in [3.63, 3.8) is 0 Å². The molecule has 0 aliphatic heterocycles. The van der Waals surface area contributed by atoms with Gasteiger partial charge in [-0.1, -0.05) is 34.8 Å². The highest BCUT2D eigenvalue weighted by Gasteiger charge is 2.41. The zero-order valence-corrected chi connectivity index (χ0v) is 16.8. The Morgan fingerprint density at radius 1 is 1.29 bits per heavy atom. The number of alkyl halides is 4. The number of hydrogen-bond acceptors (Lipinski definition) is 3. The van der Waals surface area contributed by atoms with Crippen molar-refractivity contribution in [2.24, 2.45) is 7.05 Å². The molecule has 0 saturated carbocycles. The smallest absolute Gasteiger partial charge is 0.274 e. The van der Waals surface area contributed by atoms with Gasteiger partial charge < -0.3 is 0 Å². The zero-order chi connectivity index (χ0) is 21.2. The van der Waals surface area contributed by atoms with Gasteiger partial charge in [0.1, 0.15) is 6.67 Å². The Morgan fingerprint density at radius 3 is 2.32 bits per heavy atom. The van der Waals surface area contributed by atoms with Crippen LogP contribution in [0.2, 0.25) is 15.1 Å².